The van der Waals surface area contributed by atoms with Crippen LogP contribution in [0.15, 0.2) is 6.07 Å². The maximum Gasteiger partial charge on any atom is 0.217 e. The minimum Gasteiger partial charge on any atom is -0.473 e. The lowest BCUT2D eigenvalue weighted by Gasteiger charge is -2.17. The van der Waals surface area contributed by atoms with Gasteiger partial charge in [0.15, 0.2) is 0 Å². The zero-order chi connectivity index (χ0) is 10.8. The summed E-state index contributed by atoms with van der Waals surface area (Å²) in [6.45, 7) is 3.81. The first-order valence-electron chi connectivity index (χ1n) is 5.39. The van der Waals surface area contributed by atoms with Gasteiger partial charge in [0.25, 0.3) is 0 Å². The fourth-order valence-electron chi connectivity index (χ4n) is 2.00. The van der Waals surface area contributed by atoms with Crippen molar-refractivity contribution >= 4 is 0 Å². The maximum atomic E-state index is 5.93. The minimum atomic E-state index is 0.124. The van der Waals surface area contributed by atoms with Crippen molar-refractivity contribution in [3.63, 3.8) is 0 Å². The zero-order valence-corrected chi connectivity index (χ0v) is 9.23. The van der Waals surface area contributed by atoms with Crippen LogP contribution >= 0.6 is 0 Å². The third-order valence-corrected chi connectivity index (χ3v) is 2.72. The van der Waals surface area contributed by atoms with Crippen LogP contribution in [0, 0.1) is 13.8 Å². The molecular formula is C11H17N3O. The van der Waals surface area contributed by atoms with E-state index in [1.165, 1.54) is 0 Å². The molecule has 1 saturated carbocycles. The van der Waals surface area contributed by atoms with Gasteiger partial charge < -0.3 is 10.5 Å². The number of hydrogen-bond donors (Lipinski definition) is 1. The van der Waals surface area contributed by atoms with Gasteiger partial charge in [0.05, 0.1) is 0 Å². The largest absolute Gasteiger partial charge is 0.473 e. The molecule has 2 atom stereocenters. The van der Waals surface area contributed by atoms with Gasteiger partial charge in [-0.25, -0.2) is 4.98 Å². The molecule has 0 amide bonds. The molecule has 2 N–H and O–H groups in total. The van der Waals surface area contributed by atoms with Crippen LogP contribution in [0.5, 0.6) is 5.88 Å². The molecular weight excluding hydrogens is 190 g/mol. The van der Waals surface area contributed by atoms with E-state index < -0.39 is 0 Å². The Labute approximate surface area is 89.9 Å². The lowest BCUT2D eigenvalue weighted by Crippen LogP contribution is -2.33. The van der Waals surface area contributed by atoms with Gasteiger partial charge in [-0.3, -0.25) is 0 Å². The molecule has 4 heteroatoms. The van der Waals surface area contributed by atoms with E-state index in [1.807, 2.05) is 19.9 Å². The van der Waals surface area contributed by atoms with Crippen LogP contribution in [0.4, 0.5) is 0 Å². The Bertz CT molecular complexity index is 333. The second-order valence-electron chi connectivity index (χ2n) is 4.15. The number of aromatic nitrogens is 2. The highest BCUT2D eigenvalue weighted by Crippen LogP contribution is 2.22. The highest BCUT2D eigenvalue weighted by molar-refractivity contribution is 5.15. The molecule has 2 unspecified atom stereocenters. The van der Waals surface area contributed by atoms with Crippen LogP contribution in [0.25, 0.3) is 0 Å². The summed E-state index contributed by atoms with van der Waals surface area (Å²) in [6.07, 6.45) is 3.35. The number of nitrogens with zero attached hydrogens (tertiary/aromatic N) is 2. The van der Waals surface area contributed by atoms with Crippen LogP contribution in [-0.4, -0.2) is 22.1 Å². The molecule has 1 aromatic heterocycles. The molecule has 0 bridgehead atoms. The van der Waals surface area contributed by atoms with Gasteiger partial charge in [0, 0.05) is 17.8 Å². The summed E-state index contributed by atoms with van der Waals surface area (Å²) in [5.74, 6) is 1.40. The van der Waals surface area contributed by atoms with Gasteiger partial charge in [-0.15, -0.1) is 0 Å². The SMILES string of the molecule is Cc1cc(OC2CCCC2N)nc(C)n1. The van der Waals surface area contributed by atoms with E-state index in [2.05, 4.69) is 9.97 Å². The van der Waals surface area contributed by atoms with E-state index >= 15 is 0 Å². The topological polar surface area (TPSA) is 61.0 Å². The van der Waals surface area contributed by atoms with Crippen molar-refractivity contribution in [2.45, 2.75) is 45.3 Å². The number of hydrogen-bond acceptors (Lipinski definition) is 4. The number of nitrogens with two attached hydrogens (primary N) is 1. The van der Waals surface area contributed by atoms with E-state index in [0.29, 0.717) is 5.88 Å². The molecule has 0 radical (unpaired) electrons. The highest BCUT2D eigenvalue weighted by atomic mass is 16.5. The average molecular weight is 207 g/mol. The van der Waals surface area contributed by atoms with E-state index in [0.717, 1.165) is 30.8 Å². The van der Waals surface area contributed by atoms with E-state index in [-0.39, 0.29) is 12.1 Å². The van der Waals surface area contributed by atoms with Gasteiger partial charge in [0.2, 0.25) is 5.88 Å². The molecule has 0 spiro atoms. The van der Waals surface area contributed by atoms with Crippen molar-refractivity contribution in [3.05, 3.63) is 17.6 Å². The van der Waals surface area contributed by atoms with Crippen molar-refractivity contribution < 1.29 is 4.74 Å². The number of ether oxygens (including phenoxy) is 1. The molecule has 82 valence electrons. The van der Waals surface area contributed by atoms with Crippen LogP contribution in [0.2, 0.25) is 0 Å². The first kappa shape index (κ1) is 10.4. The van der Waals surface area contributed by atoms with Gasteiger partial charge in [-0.2, -0.15) is 4.98 Å². The summed E-state index contributed by atoms with van der Waals surface area (Å²) in [5.41, 5.74) is 6.87. The standard InChI is InChI=1S/C11H17N3O/c1-7-6-11(14-8(2)13-7)15-10-5-3-4-9(10)12/h6,9-10H,3-5,12H2,1-2H3. The van der Waals surface area contributed by atoms with E-state index in [1.54, 1.807) is 0 Å². The summed E-state index contributed by atoms with van der Waals surface area (Å²) in [7, 11) is 0. The molecule has 0 saturated heterocycles. The quantitative estimate of drug-likeness (QED) is 0.795. The predicted octanol–water partition coefficient (Wildman–Crippen LogP) is 1.35. The van der Waals surface area contributed by atoms with Crippen molar-refractivity contribution in [1.29, 1.82) is 0 Å². The summed E-state index contributed by atoms with van der Waals surface area (Å²) >= 11 is 0. The first-order chi connectivity index (χ1) is 7.15. The molecule has 0 aliphatic heterocycles. The Kier molecular flexibility index (Phi) is 2.86. The van der Waals surface area contributed by atoms with Crippen LogP contribution in [0.3, 0.4) is 0 Å². The summed E-state index contributed by atoms with van der Waals surface area (Å²) in [6, 6.07) is 2.01. The van der Waals surface area contributed by atoms with Crippen LogP contribution in [-0.2, 0) is 0 Å². The molecule has 1 aliphatic rings. The summed E-state index contributed by atoms with van der Waals surface area (Å²) < 4.78 is 5.77. The summed E-state index contributed by atoms with van der Waals surface area (Å²) in [5, 5.41) is 0. The van der Waals surface area contributed by atoms with E-state index in [4.69, 9.17) is 10.5 Å². The van der Waals surface area contributed by atoms with Crippen molar-refractivity contribution in [1.82, 2.24) is 9.97 Å². The van der Waals surface area contributed by atoms with Crippen molar-refractivity contribution in [2.75, 3.05) is 0 Å². The highest BCUT2D eigenvalue weighted by Gasteiger charge is 2.25. The van der Waals surface area contributed by atoms with Crippen molar-refractivity contribution in [3.8, 4) is 5.88 Å². The Morgan fingerprint density at radius 1 is 1.33 bits per heavy atom. The molecule has 1 heterocycles. The molecule has 1 aromatic rings. The molecule has 0 aromatic carbocycles. The number of rotatable bonds is 2. The molecule has 1 fully saturated rings. The fourth-order valence-corrected chi connectivity index (χ4v) is 2.00. The lowest BCUT2D eigenvalue weighted by atomic mass is 10.2. The second-order valence-corrected chi connectivity index (χ2v) is 4.15. The average Bonchev–Trinajstić information content (AvgIpc) is 2.50. The van der Waals surface area contributed by atoms with Gasteiger partial charge >= 0.3 is 0 Å². The molecule has 4 nitrogen and oxygen atoms in total. The maximum absolute atomic E-state index is 5.93. The minimum absolute atomic E-state index is 0.124. The predicted molar refractivity (Wildman–Crippen MR) is 57.7 cm³/mol. The first-order valence-corrected chi connectivity index (χ1v) is 5.39. The Morgan fingerprint density at radius 2 is 2.13 bits per heavy atom. The Morgan fingerprint density at radius 3 is 2.73 bits per heavy atom. The Hall–Kier alpha value is -1.16. The third kappa shape index (κ3) is 2.45. The van der Waals surface area contributed by atoms with Gasteiger partial charge in [0.1, 0.15) is 11.9 Å². The van der Waals surface area contributed by atoms with Gasteiger partial charge in [-0.05, 0) is 33.1 Å². The number of aryl methyl sites for hydroxylation is 2. The zero-order valence-electron chi connectivity index (χ0n) is 9.23. The van der Waals surface area contributed by atoms with E-state index in [9.17, 15) is 0 Å². The Balaban J connectivity index is 2.10. The van der Waals surface area contributed by atoms with Crippen LogP contribution < -0.4 is 10.5 Å². The molecule has 1 aliphatic carbocycles. The fraction of sp³-hybridized carbons (Fsp3) is 0.636. The molecule has 2 rings (SSSR count). The van der Waals surface area contributed by atoms with Gasteiger partial charge in [-0.1, -0.05) is 0 Å². The normalized spacial score (nSPS) is 25.5. The second kappa shape index (κ2) is 4.14. The lowest BCUT2D eigenvalue weighted by molar-refractivity contribution is 0.183. The smallest absolute Gasteiger partial charge is 0.217 e. The molecule has 15 heavy (non-hydrogen) atoms. The monoisotopic (exact) mass is 207 g/mol. The summed E-state index contributed by atoms with van der Waals surface area (Å²) in [4.78, 5) is 8.45. The van der Waals surface area contributed by atoms with Crippen molar-refractivity contribution in [2.24, 2.45) is 5.73 Å². The van der Waals surface area contributed by atoms with Crippen LogP contribution in [0.1, 0.15) is 30.8 Å². The third-order valence-electron chi connectivity index (χ3n) is 2.72.